The highest BCUT2D eigenvalue weighted by Crippen LogP contribution is 2.25. The number of likely N-dealkylation sites (tertiary alicyclic amines) is 1. The van der Waals surface area contributed by atoms with Crippen LogP contribution >= 0.6 is 0 Å². The number of piperidine rings is 1. The lowest BCUT2D eigenvalue weighted by molar-refractivity contribution is -0.132. The van der Waals surface area contributed by atoms with Crippen molar-refractivity contribution >= 4 is 16.8 Å². The molecule has 8 nitrogen and oxygen atoms in total. The van der Waals surface area contributed by atoms with Crippen LogP contribution in [0.3, 0.4) is 0 Å². The number of nitrogens with one attached hydrogen (secondary N) is 2. The largest absolute Gasteiger partial charge is 0.342 e. The van der Waals surface area contributed by atoms with E-state index in [-0.39, 0.29) is 24.8 Å². The Hall–Kier alpha value is -3.16. The molecule has 2 N–H and O–H groups in total. The van der Waals surface area contributed by atoms with Gasteiger partial charge < -0.3 is 4.90 Å². The molecule has 1 amide bonds. The molecule has 0 spiro atoms. The van der Waals surface area contributed by atoms with Gasteiger partial charge in [-0.25, -0.2) is 4.79 Å². The van der Waals surface area contributed by atoms with E-state index in [0.717, 1.165) is 25.1 Å². The lowest BCUT2D eigenvalue weighted by atomic mass is 9.95. The molecule has 0 aliphatic carbocycles. The summed E-state index contributed by atoms with van der Waals surface area (Å²) >= 11 is 0. The van der Waals surface area contributed by atoms with Gasteiger partial charge in [0.2, 0.25) is 5.91 Å². The first-order valence-corrected chi connectivity index (χ1v) is 9.12. The molecule has 0 radical (unpaired) electrons. The first-order chi connectivity index (χ1) is 13.1. The van der Waals surface area contributed by atoms with Crippen LogP contribution in [0, 0.1) is 0 Å². The molecule has 2 aromatic heterocycles. The number of para-hydroxylation sites is 1. The number of carbonyl (C=O) groups is 1. The van der Waals surface area contributed by atoms with Gasteiger partial charge in [0.1, 0.15) is 0 Å². The Morgan fingerprint density at radius 2 is 2.07 bits per heavy atom. The van der Waals surface area contributed by atoms with E-state index in [1.807, 2.05) is 11.0 Å². The molecule has 1 aromatic carbocycles. The monoisotopic (exact) mass is 367 g/mol. The number of nitrogens with zero attached hydrogens (tertiary/aromatic N) is 3. The highest BCUT2D eigenvalue weighted by Gasteiger charge is 2.25. The van der Waals surface area contributed by atoms with Crippen molar-refractivity contribution in [2.75, 3.05) is 13.1 Å². The maximum absolute atomic E-state index is 12.7. The van der Waals surface area contributed by atoms with Crippen molar-refractivity contribution in [3.63, 3.8) is 0 Å². The summed E-state index contributed by atoms with van der Waals surface area (Å²) < 4.78 is 1.46. The fourth-order valence-electron chi connectivity index (χ4n) is 3.78. The minimum absolute atomic E-state index is 0.0152. The molecule has 0 bridgehead atoms. The number of hydrogen-bond acceptors (Lipinski definition) is 4. The van der Waals surface area contributed by atoms with E-state index in [1.165, 1.54) is 4.57 Å². The van der Waals surface area contributed by atoms with Gasteiger partial charge in [-0.05, 0) is 31.0 Å². The van der Waals surface area contributed by atoms with Crippen LogP contribution in [0.4, 0.5) is 0 Å². The summed E-state index contributed by atoms with van der Waals surface area (Å²) in [6.45, 7) is 1.62. The first-order valence-electron chi connectivity index (χ1n) is 9.12. The summed E-state index contributed by atoms with van der Waals surface area (Å²) in [4.78, 5) is 41.1. The maximum atomic E-state index is 12.7. The molecule has 140 valence electrons. The highest BCUT2D eigenvalue weighted by molar-refractivity contribution is 5.79. The number of aryl methyl sites for hydroxylation is 1. The smallest absolute Gasteiger partial charge is 0.328 e. The Kier molecular flexibility index (Phi) is 4.62. The van der Waals surface area contributed by atoms with E-state index in [2.05, 4.69) is 15.2 Å². The summed E-state index contributed by atoms with van der Waals surface area (Å²) in [6, 6.07) is 8.88. The van der Waals surface area contributed by atoms with Gasteiger partial charge in [0.25, 0.3) is 5.56 Å². The molecular formula is C19H21N5O3. The van der Waals surface area contributed by atoms with E-state index in [9.17, 15) is 14.4 Å². The molecule has 1 saturated heterocycles. The molecule has 1 atom stereocenters. The Bertz CT molecular complexity index is 1070. The van der Waals surface area contributed by atoms with Crippen LogP contribution in [0.1, 0.15) is 30.9 Å². The Balaban J connectivity index is 1.49. The predicted octanol–water partition coefficient (Wildman–Crippen LogP) is 1.21. The third-order valence-corrected chi connectivity index (χ3v) is 5.19. The maximum Gasteiger partial charge on any atom is 0.328 e. The summed E-state index contributed by atoms with van der Waals surface area (Å²) in [5, 5.41) is 7.43. The van der Waals surface area contributed by atoms with Crippen molar-refractivity contribution < 1.29 is 4.79 Å². The summed E-state index contributed by atoms with van der Waals surface area (Å²) in [5.41, 5.74) is 0.709. The minimum atomic E-state index is -0.486. The predicted molar refractivity (Wildman–Crippen MR) is 101 cm³/mol. The van der Waals surface area contributed by atoms with Gasteiger partial charge in [-0.1, -0.05) is 12.1 Å². The van der Waals surface area contributed by atoms with Crippen LogP contribution in [0.15, 0.2) is 46.1 Å². The second kappa shape index (κ2) is 7.22. The van der Waals surface area contributed by atoms with E-state index >= 15 is 0 Å². The number of hydrogen-bond donors (Lipinski definition) is 2. The SMILES string of the molecule is O=C(CCn1c(=O)[nH]c(=O)c2ccccc21)N1CCCC(c2ccn[nH]2)C1. The van der Waals surface area contributed by atoms with E-state index < -0.39 is 11.2 Å². The second-order valence-electron chi connectivity index (χ2n) is 6.87. The van der Waals surface area contributed by atoms with Crippen molar-refractivity contribution in [2.45, 2.75) is 31.7 Å². The van der Waals surface area contributed by atoms with Crippen molar-refractivity contribution in [2.24, 2.45) is 0 Å². The van der Waals surface area contributed by atoms with Crippen LogP contribution in [-0.4, -0.2) is 43.6 Å². The molecule has 1 aliphatic rings. The van der Waals surface area contributed by atoms with Crippen LogP contribution in [0.5, 0.6) is 0 Å². The molecule has 27 heavy (non-hydrogen) atoms. The third kappa shape index (κ3) is 3.42. The Morgan fingerprint density at radius 3 is 2.89 bits per heavy atom. The zero-order chi connectivity index (χ0) is 18.8. The van der Waals surface area contributed by atoms with Gasteiger partial charge in [-0.2, -0.15) is 5.10 Å². The molecule has 3 heterocycles. The van der Waals surface area contributed by atoms with Gasteiger partial charge in [-0.15, -0.1) is 0 Å². The molecule has 8 heteroatoms. The van der Waals surface area contributed by atoms with Crippen molar-refractivity contribution in [3.8, 4) is 0 Å². The molecular weight excluding hydrogens is 346 g/mol. The second-order valence-corrected chi connectivity index (χ2v) is 6.87. The molecule has 1 fully saturated rings. The fraction of sp³-hybridized carbons (Fsp3) is 0.368. The number of rotatable bonds is 4. The number of fused-ring (bicyclic) bond motifs is 1. The normalized spacial score (nSPS) is 17.3. The molecule has 1 aliphatic heterocycles. The van der Waals surface area contributed by atoms with Crippen LogP contribution in [0.2, 0.25) is 0 Å². The fourth-order valence-corrected chi connectivity index (χ4v) is 3.78. The number of benzene rings is 1. The van der Waals surface area contributed by atoms with Crippen LogP contribution in [0.25, 0.3) is 10.9 Å². The average Bonchev–Trinajstić information content (AvgIpc) is 3.22. The highest BCUT2D eigenvalue weighted by atomic mass is 16.2. The van der Waals surface area contributed by atoms with Gasteiger partial charge in [0.05, 0.1) is 10.9 Å². The molecule has 3 aromatic rings. The lowest BCUT2D eigenvalue weighted by Gasteiger charge is -2.32. The zero-order valence-electron chi connectivity index (χ0n) is 14.9. The van der Waals surface area contributed by atoms with Crippen LogP contribution < -0.4 is 11.2 Å². The van der Waals surface area contributed by atoms with Crippen molar-refractivity contribution in [3.05, 3.63) is 63.1 Å². The van der Waals surface area contributed by atoms with E-state index in [4.69, 9.17) is 0 Å². The van der Waals surface area contributed by atoms with E-state index in [1.54, 1.807) is 30.5 Å². The number of H-pyrrole nitrogens is 2. The van der Waals surface area contributed by atoms with Gasteiger partial charge in [0.15, 0.2) is 0 Å². The molecule has 1 unspecified atom stereocenters. The van der Waals surface area contributed by atoms with E-state index in [0.29, 0.717) is 17.4 Å². The number of aromatic nitrogens is 4. The standard InChI is InChI=1S/C19H21N5O3/c25-17(23-10-3-4-13(12-23)15-7-9-20-22-15)8-11-24-16-6-2-1-5-14(16)18(26)21-19(24)27/h1-2,5-7,9,13H,3-4,8,10-12H2,(H,20,22)(H,21,26,27). The summed E-state index contributed by atoms with van der Waals surface area (Å²) in [7, 11) is 0. The van der Waals surface area contributed by atoms with Crippen molar-refractivity contribution in [1.29, 1.82) is 0 Å². The molecule has 4 rings (SSSR count). The van der Waals surface area contributed by atoms with Gasteiger partial charge in [-0.3, -0.25) is 24.2 Å². The third-order valence-electron chi connectivity index (χ3n) is 5.19. The lowest BCUT2D eigenvalue weighted by Crippen LogP contribution is -2.40. The summed E-state index contributed by atoms with van der Waals surface area (Å²) in [6.07, 6.45) is 3.91. The zero-order valence-corrected chi connectivity index (χ0v) is 14.9. The minimum Gasteiger partial charge on any atom is -0.342 e. The van der Waals surface area contributed by atoms with Crippen molar-refractivity contribution in [1.82, 2.24) is 24.6 Å². The van der Waals surface area contributed by atoms with Crippen LogP contribution in [-0.2, 0) is 11.3 Å². The van der Waals surface area contributed by atoms with Gasteiger partial charge in [0, 0.05) is 43.9 Å². The summed E-state index contributed by atoms with van der Waals surface area (Å²) in [5.74, 6) is 0.281. The Labute approximate surface area is 154 Å². The quantitative estimate of drug-likeness (QED) is 0.723. The Morgan fingerprint density at radius 1 is 1.22 bits per heavy atom. The first kappa shape index (κ1) is 17.3. The average molecular weight is 367 g/mol. The van der Waals surface area contributed by atoms with Gasteiger partial charge >= 0.3 is 5.69 Å². The topological polar surface area (TPSA) is 104 Å². The number of aromatic amines is 2. The number of carbonyl (C=O) groups excluding carboxylic acids is 1. The molecule has 0 saturated carbocycles. The number of amides is 1.